The molecule has 3 nitrogen and oxygen atoms in total. The largest absolute Gasteiger partial charge is 0.316 e. The van der Waals surface area contributed by atoms with Gasteiger partial charge in [-0.15, -0.1) is 0 Å². The van der Waals surface area contributed by atoms with Crippen LogP contribution in [0.5, 0.6) is 0 Å². The van der Waals surface area contributed by atoms with Crippen LogP contribution < -0.4 is 5.32 Å². The summed E-state index contributed by atoms with van der Waals surface area (Å²) in [5.74, 6) is 1.22. The second kappa shape index (κ2) is 8.08. The number of thioether (sulfide) groups is 1. The van der Waals surface area contributed by atoms with Crippen LogP contribution in [0, 0.1) is 0 Å². The molecule has 0 radical (unpaired) electrons. The maximum absolute atomic E-state index is 4.65. The second-order valence-corrected chi connectivity index (χ2v) is 7.06. The van der Waals surface area contributed by atoms with E-state index in [0.717, 1.165) is 24.6 Å². The molecule has 1 aromatic heterocycles. The van der Waals surface area contributed by atoms with Crippen molar-refractivity contribution in [2.24, 2.45) is 0 Å². The van der Waals surface area contributed by atoms with Gasteiger partial charge < -0.3 is 5.32 Å². The highest BCUT2D eigenvalue weighted by molar-refractivity contribution is 7.99. The van der Waals surface area contributed by atoms with Gasteiger partial charge in [0.05, 0.1) is 5.69 Å². The molecule has 1 N–H and O–H groups in total. The molecule has 20 heavy (non-hydrogen) atoms. The van der Waals surface area contributed by atoms with Gasteiger partial charge in [0.1, 0.15) is 0 Å². The standard InChI is InChI=1S/C16H29N3S/c1-4-13-10-15(19(5-2)18-13)11-14(17-3)12-20-16-8-6-7-9-16/h10,14,16-17H,4-9,11-12H2,1-3H3. The molecule has 1 aliphatic carbocycles. The summed E-state index contributed by atoms with van der Waals surface area (Å²) in [5.41, 5.74) is 2.61. The third-order valence-electron chi connectivity index (χ3n) is 4.27. The van der Waals surface area contributed by atoms with Crippen molar-refractivity contribution in [3.63, 3.8) is 0 Å². The minimum Gasteiger partial charge on any atom is -0.316 e. The zero-order valence-corrected chi connectivity index (χ0v) is 14.0. The normalized spacial score (nSPS) is 17.8. The lowest BCUT2D eigenvalue weighted by atomic mass is 10.1. The van der Waals surface area contributed by atoms with Gasteiger partial charge in [0, 0.05) is 35.7 Å². The Bertz CT molecular complexity index is 396. The Labute approximate surface area is 127 Å². The molecule has 0 aromatic carbocycles. The molecule has 0 spiro atoms. The molecule has 1 aromatic rings. The Morgan fingerprint density at radius 2 is 2.15 bits per heavy atom. The van der Waals surface area contributed by atoms with Crippen LogP contribution in [0.15, 0.2) is 6.07 Å². The minimum atomic E-state index is 0.562. The van der Waals surface area contributed by atoms with E-state index >= 15 is 0 Å². The number of likely N-dealkylation sites (N-methyl/N-ethyl adjacent to an activating group) is 1. The first-order chi connectivity index (χ1) is 9.76. The molecule has 4 heteroatoms. The Hall–Kier alpha value is -0.480. The molecule has 0 aliphatic heterocycles. The number of aromatic nitrogens is 2. The van der Waals surface area contributed by atoms with Crippen molar-refractivity contribution in [2.45, 2.75) is 70.2 Å². The van der Waals surface area contributed by atoms with Gasteiger partial charge in [0.2, 0.25) is 0 Å². The van der Waals surface area contributed by atoms with Gasteiger partial charge >= 0.3 is 0 Å². The van der Waals surface area contributed by atoms with Gasteiger partial charge in [-0.1, -0.05) is 19.8 Å². The first-order valence-corrected chi connectivity index (χ1v) is 9.16. The average Bonchev–Trinajstić information content (AvgIpc) is 3.12. The number of aryl methyl sites for hydroxylation is 2. The van der Waals surface area contributed by atoms with Crippen LogP contribution in [-0.4, -0.2) is 33.9 Å². The predicted octanol–water partition coefficient (Wildman–Crippen LogP) is 3.27. The molecule has 1 saturated carbocycles. The summed E-state index contributed by atoms with van der Waals surface area (Å²) in [6, 6.07) is 2.85. The van der Waals surface area contributed by atoms with Crippen LogP contribution >= 0.6 is 11.8 Å². The number of nitrogens with one attached hydrogen (secondary N) is 1. The summed E-state index contributed by atoms with van der Waals surface area (Å²) in [7, 11) is 2.09. The topological polar surface area (TPSA) is 29.9 Å². The van der Waals surface area contributed by atoms with Crippen molar-refractivity contribution in [1.82, 2.24) is 15.1 Å². The van der Waals surface area contributed by atoms with E-state index < -0.39 is 0 Å². The van der Waals surface area contributed by atoms with Crippen molar-refractivity contribution >= 4 is 11.8 Å². The lowest BCUT2D eigenvalue weighted by Crippen LogP contribution is -2.31. The quantitative estimate of drug-likeness (QED) is 0.798. The molecule has 0 saturated heterocycles. The molecule has 1 unspecified atom stereocenters. The summed E-state index contributed by atoms with van der Waals surface area (Å²) < 4.78 is 2.17. The van der Waals surface area contributed by atoms with Crippen molar-refractivity contribution < 1.29 is 0 Å². The van der Waals surface area contributed by atoms with Crippen LogP contribution in [0.25, 0.3) is 0 Å². The lowest BCUT2D eigenvalue weighted by Gasteiger charge is -2.18. The maximum atomic E-state index is 4.65. The van der Waals surface area contributed by atoms with Gasteiger partial charge in [-0.3, -0.25) is 4.68 Å². The van der Waals surface area contributed by atoms with Gasteiger partial charge in [-0.05, 0) is 39.3 Å². The summed E-state index contributed by atoms with van der Waals surface area (Å²) in [4.78, 5) is 0. The molecule has 2 rings (SSSR count). The summed E-state index contributed by atoms with van der Waals surface area (Å²) in [6.07, 6.45) is 7.84. The zero-order valence-electron chi connectivity index (χ0n) is 13.2. The monoisotopic (exact) mass is 295 g/mol. The first kappa shape index (κ1) is 15.9. The van der Waals surface area contributed by atoms with E-state index in [-0.39, 0.29) is 0 Å². The van der Waals surface area contributed by atoms with E-state index in [4.69, 9.17) is 0 Å². The van der Waals surface area contributed by atoms with Crippen LogP contribution in [-0.2, 0) is 19.4 Å². The fraction of sp³-hybridized carbons (Fsp3) is 0.812. The fourth-order valence-corrected chi connectivity index (χ4v) is 4.39. The van der Waals surface area contributed by atoms with E-state index in [9.17, 15) is 0 Å². The Kier molecular flexibility index (Phi) is 6.43. The minimum absolute atomic E-state index is 0.562. The Morgan fingerprint density at radius 3 is 2.75 bits per heavy atom. The van der Waals surface area contributed by atoms with Gasteiger partial charge in [-0.2, -0.15) is 16.9 Å². The molecular weight excluding hydrogens is 266 g/mol. The van der Waals surface area contributed by atoms with Crippen LogP contribution in [0.1, 0.15) is 50.9 Å². The molecule has 1 aliphatic rings. The predicted molar refractivity (Wildman–Crippen MR) is 88.5 cm³/mol. The highest BCUT2D eigenvalue weighted by Gasteiger charge is 2.18. The smallest absolute Gasteiger partial charge is 0.0624 e. The molecule has 1 fully saturated rings. The third kappa shape index (κ3) is 4.26. The van der Waals surface area contributed by atoms with E-state index in [1.807, 2.05) is 0 Å². The number of hydrogen-bond donors (Lipinski definition) is 1. The van der Waals surface area contributed by atoms with E-state index in [2.05, 4.69) is 53.8 Å². The third-order valence-corrected chi connectivity index (χ3v) is 5.81. The number of nitrogens with zero attached hydrogens (tertiary/aromatic N) is 2. The van der Waals surface area contributed by atoms with Crippen LogP contribution in [0.2, 0.25) is 0 Å². The first-order valence-electron chi connectivity index (χ1n) is 8.11. The molecule has 1 heterocycles. The molecule has 0 amide bonds. The van der Waals surface area contributed by atoms with Gasteiger partial charge in [0.15, 0.2) is 0 Å². The van der Waals surface area contributed by atoms with Crippen LogP contribution in [0.3, 0.4) is 0 Å². The van der Waals surface area contributed by atoms with E-state index in [1.54, 1.807) is 0 Å². The number of rotatable bonds is 8. The summed E-state index contributed by atoms with van der Waals surface area (Å²) >= 11 is 2.17. The summed E-state index contributed by atoms with van der Waals surface area (Å²) in [5, 5.41) is 9.06. The van der Waals surface area contributed by atoms with E-state index in [0.29, 0.717) is 6.04 Å². The summed E-state index contributed by atoms with van der Waals surface area (Å²) in [6.45, 7) is 5.33. The lowest BCUT2D eigenvalue weighted by molar-refractivity contribution is 0.555. The average molecular weight is 295 g/mol. The molecule has 1 atom stereocenters. The highest BCUT2D eigenvalue weighted by atomic mass is 32.2. The van der Waals surface area contributed by atoms with Gasteiger partial charge in [-0.25, -0.2) is 0 Å². The Morgan fingerprint density at radius 1 is 1.40 bits per heavy atom. The zero-order chi connectivity index (χ0) is 14.4. The van der Waals surface area contributed by atoms with Crippen molar-refractivity contribution in [1.29, 1.82) is 0 Å². The van der Waals surface area contributed by atoms with E-state index in [1.165, 1.54) is 42.8 Å². The van der Waals surface area contributed by atoms with Crippen LogP contribution in [0.4, 0.5) is 0 Å². The second-order valence-electron chi connectivity index (χ2n) is 5.73. The fourth-order valence-electron chi connectivity index (χ4n) is 2.93. The Balaban J connectivity index is 1.89. The molecular formula is C16H29N3S. The van der Waals surface area contributed by atoms with Crippen molar-refractivity contribution in [3.05, 3.63) is 17.5 Å². The van der Waals surface area contributed by atoms with Gasteiger partial charge in [0.25, 0.3) is 0 Å². The molecule has 114 valence electrons. The maximum Gasteiger partial charge on any atom is 0.0624 e. The van der Waals surface area contributed by atoms with Crippen molar-refractivity contribution in [3.8, 4) is 0 Å². The molecule has 0 bridgehead atoms. The van der Waals surface area contributed by atoms with Crippen molar-refractivity contribution in [2.75, 3.05) is 12.8 Å². The highest BCUT2D eigenvalue weighted by Crippen LogP contribution is 2.30. The SMILES string of the molecule is CCc1cc(CC(CSC2CCCC2)NC)n(CC)n1. The number of hydrogen-bond acceptors (Lipinski definition) is 3.